The van der Waals surface area contributed by atoms with Crippen LogP contribution in [0.15, 0.2) is 43.0 Å². The van der Waals surface area contributed by atoms with E-state index in [1.807, 2.05) is 0 Å². The van der Waals surface area contributed by atoms with Crippen molar-refractivity contribution in [2.45, 2.75) is 23.8 Å². The molecule has 4 rings (SSSR count). The zero-order valence-electron chi connectivity index (χ0n) is 13.1. The van der Waals surface area contributed by atoms with E-state index in [1.54, 1.807) is 24.5 Å². The molecule has 1 aliphatic heterocycles. The van der Waals surface area contributed by atoms with Crippen LogP contribution in [0.1, 0.15) is 18.0 Å². The third kappa shape index (κ3) is 3.96. The SMILES string of the molecule is O=S1(=O)CC[C@@H](Cc2nnc(SCc3cc(-c4ccco4)on3)o2)C1. The summed E-state index contributed by atoms with van der Waals surface area (Å²) >= 11 is 1.35. The predicted octanol–water partition coefficient (Wildman–Crippen LogP) is 2.59. The van der Waals surface area contributed by atoms with E-state index >= 15 is 0 Å². The van der Waals surface area contributed by atoms with Crippen LogP contribution in [-0.2, 0) is 22.0 Å². The minimum absolute atomic E-state index is 0.0645. The van der Waals surface area contributed by atoms with E-state index in [2.05, 4.69) is 15.4 Å². The van der Waals surface area contributed by atoms with Crippen molar-refractivity contribution in [3.63, 3.8) is 0 Å². The van der Waals surface area contributed by atoms with Crippen LogP contribution in [0.5, 0.6) is 0 Å². The Labute approximate surface area is 147 Å². The van der Waals surface area contributed by atoms with Gasteiger partial charge in [0.25, 0.3) is 5.22 Å². The number of hydrogen-bond acceptors (Lipinski definition) is 9. The second-order valence-corrected chi connectivity index (χ2v) is 9.04. The first kappa shape index (κ1) is 16.4. The maximum atomic E-state index is 11.5. The minimum Gasteiger partial charge on any atom is -0.461 e. The van der Waals surface area contributed by atoms with Gasteiger partial charge in [-0.3, -0.25) is 0 Å². The normalized spacial score (nSPS) is 19.4. The second kappa shape index (κ2) is 6.68. The molecular formula is C15H15N3O5S2. The molecule has 0 N–H and O–H groups in total. The summed E-state index contributed by atoms with van der Waals surface area (Å²) < 4.78 is 39.0. The van der Waals surface area contributed by atoms with Crippen molar-refractivity contribution in [3.05, 3.63) is 36.0 Å². The third-order valence-corrected chi connectivity index (χ3v) is 6.59. The highest BCUT2D eigenvalue weighted by Gasteiger charge is 2.29. The summed E-state index contributed by atoms with van der Waals surface area (Å²) in [5.74, 6) is 2.69. The van der Waals surface area contributed by atoms with E-state index in [0.717, 1.165) is 5.69 Å². The highest BCUT2D eigenvalue weighted by molar-refractivity contribution is 7.98. The molecule has 3 aromatic rings. The Balaban J connectivity index is 1.33. The molecule has 0 spiro atoms. The van der Waals surface area contributed by atoms with E-state index < -0.39 is 9.84 Å². The molecule has 4 heterocycles. The first-order chi connectivity index (χ1) is 12.1. The van der Waals surface area contributed by atoms with E-state index in [9.17, 15) is 8.42 Å². The highest BCUT2D eigenvalue weighted by Crippen LogP contribution is 2.27. The van der Waals surface area contributed by atoms with Gasteiger partial charge in [-0.05, 0) is 24.5 Å². The van der Waals surface area contributed by atoms with Gasteiger partial charge in [-0.25, -0.2) is 8.42 Å². The number of thioether (sulfide) groups is 1. The van der Waals surface area contributed by atoms with Crippen molar-refractivity contribution in [1.82, 2.24) is 15.4 Å². The fourth-order valence-corrected chi connectivity index (χ4v) is 5.23. The van der Waals surface area contributed by atoms with Crippen LogP contribution < -0.4 is 0 Å². The van der Waals surface area contributed by atoms with Crippen LogP contribution in [0.4, 0.5) is 0 Å². The molecule has 25 heavy (non-hydrogen) atoms. The standard InChI is InChI=1S/C15H15N3O5S2/c19-25(20)5-3-10(9-25)6-14-16-17-15(22-14)24-8-11-7-13(23-18-11)12-2-1-4-21-12/h1-2,4,7,10H,3,5-6,8-9H2/t10-/m0/s1. The van der Waals surface area contributed by atoms with Crippen LogP contribution in [0.2, 0.25) is 0 Å². The first-order valence-electron chi connectivity index (χ1n) is 7.72. The molecule has 1 fully saturated rings. The largest absolute Gasteiger partial charge is 0.461 e. The Bertz CT molecular complexity index is 946. The van der Waals surface area contributed by atoms with Crippen LogP contribution in [0.3, 0.4) is 0 Å². The molecule has 1 saturated heterocycles. The summed E-state index contributed by atoms with van der Waals surface area (Å²) in [6.07, 6.45) is 2.73. The molecule has 0 unspecified atom stereocenters. The monoisotopic (exact) mass is 381 g/mol. The van der Waals surface area contributed by atoms with Gasteiger partial charge in [0.05, 0.1) is 23.5 Å². The Morgan fingerprint density at radius 1 is 1.28 bits per heavy atom. The Kier molecular flexibility index (Phi) is 4.38. The van der Waals surface area contributed by atoms with Gasteiger partial charge in [-0.2, -0.15) is 0 Å². The Hall–Kier alpha value is -2.07. The van der Waals surface area contributed by atoms with Crippen LogP contribution in [0.25, 0.3) is 11.5 Å². The summed E-state index contributed by atoms with van der Waals surface area (Å²) in [6, 6.07) is 5.37. The van der Waals surface area contributed by atoms with Crippen LogP contribution in [0, 0.1) is 5.92 Å². The highest BCUT2D eigenvalue weighted by atomic mass is 32.2. The quantitative estimate of drug-likeness (QED) is 0.594. The molecule has 0 saturated carbocycles. The number of furan rings is 1. The van der Waals surface area contributed by atoms with Crippen molar-refractivity contribution in [2.75, 3.05) is 11.5 Å². The topological polar surface area (TPSA) is 112 Å². The van der Waals surface area contributed by atoms with Gasteiger partial charge in [0.2, 0.25) is 11.7 Å². The number of hydrogen-bond donors (Lipinski definition) is 0. The van der Waals surface area contributed by atoms with Gasteiger partial charge >= 0.3 is 0 Å². The third-order valence-electron chi connectivity index (χ3n) is 3.90. The summed E-state index contributed by atoms with van der Waals surface area (Å²) in [5.41, 5.74) is 0.734. The maximum absolute atomic E-state index is 11.5. The van der Waals surface area contributed by atoms with Gasteiger partial charge in [-0.15, -0.1) is 10.2 Å². The molecule has 3 aromatic heterocycles. The second-order valence-electron chi connectivity index (χ2n) is 5.88. The van der Waals surface area contributed by atoms with Gasteiger partial charge in [0.1, 0.15) is 0 Å². The summed E-state index contributed by atoms with van der Waals surface area (Å²) in [5, 5.41) is 12.4. The maximum Gasteiger partial charge on any atom is 0.276 e. The Morgan fingerprint density at radius 3 is 2.96 bits per heavy atom. The molecular weight excluding hydrogens is 366 g/mol. The molecule has 0 aliphatic carbocycles. The molecule has 1 atom stereocenters. The number of aromatic nitrogens is 3. The van der Waals surface area contributed by atoms with E-state index in [1.165, 1.54) is 11.8 Å². The lowest BCUT2D eigenvalue weighted by Crippen LogP contribution is -2.07. The summed E-state index contributed by atoms with van der Waals surface area (Å²) in [7, 11) is -2.89. The van der Waals surface area contributed by atoms with Crippen LogP contribution in [-0.4, -0.2) is 35.3 Å². The van der Waals surface area contributed by atoms with Crippen molar-refractivity contribution >= 4 is 21.6 Å². The Morgan fingerprint density at radius 2 is 2.20 bits per heavy atom. The smallest absolute Gasteiger partial charge is 0.276 e. The van der Waals surface area contributed by atoms with Gasteiger partial charge < -0.3 is 13.4 Å². The van der Waals surface area contributed by atoms with Gasteiger partial charge in [0, 0.05) is 18.2 Å². The van der Waals surface area contributed by atoms with Crippen molar-refractivity contribution in [1.29, 1.82) is 0 Å². The fourth-order valence-electron chi connectivity index (χ4n) is 2.71. The van der Waals surface area contributed by atoms with Crippen molar-refractivity contribution in [3.8, 4) is 11.5 Å². The van der Waals surface area contributed by atoms with Crippen molar-refractivity contribution < 1.29 is 21.8 Å². The van der Waals surface area contributed by atoms with Crippen LogP contribution >= 0.6 is 11.8 Å². The van der Waals surface area contributed by atoms with Crippen molar-refractivity contribution in [2.24, 2.45) is 5.92 Å². The predicted molar refractivity (Wildman–Crippen MR) is 88.5 cm³/mol. The summed E-state index contributed by atoms with van der Waals surface area (Å²) in [6.45, 7) is 0. The lowest BCUT2D eigenvalue weighted by Gasteiger charge is -2.01. The minimum atomic E-state index is -2.89. The molecule has 0 radical (unpaired) electrons. The van der Waals surface area contributed by atoms with E-state index in [-0.39, 0.29) is 17.4 Å². The van der Waals surface area contributed by atoms with Gasteiger partial charge in [0.15, 0.2) is 15.6 Å². The zero-order chi connectivity index (χ0) is 17.3. The molecule has 10 heteroatoms. The lowest BCUT2D eigenvalue weighted by molar-refractivity contribution is 0.389. The van der Waals surface area contributed by atoms with Gasteiger partial charge in [-0.1, -0.05) is 16.9 Å². The molecule has 1 aliphatic rings. The zero-order valence-corrected chi connectivity index (χ0v) is 14.8. The molecule has 8 nitrogen and oxygen atoms in total. The summed E-state index contributed by atoms with van der Waals surface area (Å²) in [4.78, 5) is 0. The molecule has 132 valence electrons. The van der Waals surface area contributed by atoms with E-state index in [4.69, 9.17) is 13.4 Å². The average Bonchev–Trinajstić information content (AvgIpc) is 3.32. The number of sulfone groups is 1. The molecule has 0 amide bonds. The van der Waals surface area contributed by atoms with E-state index in [0.29, 0.717) is 41.2 Å². The molecule has 0 aromatic carbocycles. The molecule has 0 bridgehead atoms. The number of rotatable bonds is 6. The average molecular weight is 381 g/mol. The number of nitrogens with zero attached hydrogens (tertiary/aromatic N) is 3. The lowest BCUT2D eigenvalue weighted by atomic mass is 10.1. The fraction of sp³-hybridized carbons (Fsp3) is 0.400. The first-order valence-corrected chi connectivity index (χ1v) is 10.5.